The molecular formula is C22H20N4O2. The first-order chi connectivity index (χ1) is 13.6. The van der Waals surface area contributed by atoms with Crippen molar-refractivity contribution in [3.63, 3.8) is 0 Å². The molecule has 0 bridgehead atoms. The summed E-state index contributed by atoms with van der Waals surface area (Å²) in [4.78, 5) is 34.6. The van der Waals surface area contributed by atoms with Crippen molar-refractivity contribution in [3.05, 3.63) is 83.3 Å². The molecular weight excluding hydrogens is 352 g/mol. The van der Waals surface area contributed by atoms with Gasteiger partial charge in [0.15, 0.2) is 5.78 Å². The average Bonchev–Trinajstić information content (AvgIpc) is 2.73. The van der Waals surface area contributed by atoms with Crippen molar-refractivity contribution in [2.24, 2.45) is 0 Å². The predicted molar refractivity (Wildman–Crippen MR) is 107 cm³/mol. The zero-order chi connectivity index (χ0) is 19.5. The number of rotatable bonds is 4. The summed E-state index contributed by atoms with van der Waals surface area (Å²) in [6.45, 7) is 2.78. The first-order valence-electron chi connectivity index (χ1n) is 9.16. The van der Waals surface area contributed by atoms with Gasteiger partial charge in [-0.05, 0) is 36.6 Å². The zero-order valence-corrected chi connectivity index (χ0v) is 15.6. The summed E-state index contributed by atoms with van der Waals surface area (Å²) < 4.78 is 0. The number of anilines is 2. The van der Waals surface area contributed by atoms with E-state index in [0.29, 0.717) is 30.2 Å². The van der Waals surface area contributed by atoms with Gasteiger partial charge in [0.2, 0.25) is 0 Å². The Labute approximate surface area is 163 Å². The van der Waals surface area contributed by atoms with Crippen molar-refractivity contribution in [2.75, 3.05) is 11.9 Å². The number of amides is 1. The smallest absolute Gasteiger partial charge is 0.272 e. The van der Waals surface area contributed by atoms with E-state index in [-0.39, 0.29) is 11.7 Å². The Hall–Kier alpha value is -3.54. The average molecular weight is 372 g/mol. The van der Waals surface area contributed by atoms with Crippen molar-refractivity contribution < 1.29 is 9.59 Å². The van der Waals surface area contributed by atoms with E-state index in [0.717, 1.165) is 12.1 Å². The minimum Gasteiger partial charge on any atom is -0.340 e. The van der Waals surface area contributed by atoms with Crippen molar-refractivity contribution in [2.45, 2.75) is 19.9 Å². The molecule has 1 aromatic heterocycles. The maximum Gasteiger partial charge on any atom is 0.272 e. The number of Topliss-reactive ketones (excluding diaryl/α,β-unsaturated/α-hetero) is 1. The molecule has 0 fully saturated rings. The molecule has 0 saturated heterocycles. The summed E-state index contributed by atoms with van der Waals surface area (Å²) in [5.41, 5.74) is 4.16. The van der Waals surface area contributed by atoms with Crippen LogP contribution in [0.4, 0.5) is 11.5 Å². The number of fused-ring (bicyclic) bond motifs is 1. The Morgan fingerprint density at radius 2 is 1.82 bits per heavy atom. The van der Waals surface area contributed by atoms with Crippen molar-refractivity contribution in [1.29, 1.82) is 0 Å². The molecule has 4 rings (SSSR count). The highest BCUT2D eigenvalue weighted by molar-refractivity contribution is 5.95. The van der Waals surface area contributed by atoms with Crippen LogP contribution < -0.4 is 5.32 Å². The van der Waals surface area contributed by atoms with E-state index >= 15 is 0 Å². The van der Waals surface area contributed by atoms with Gasteiger partial charge in [0.25, 0.3) is 5.91 Å². The van der Waals surface area contributed by atoms with Crippen LogP contribution in [0.5, 0.6) is 0 Å². The lowest BCUT2D eigenvalue weighted by Gasteiger charge is -2.28. The SMILES string of the molecule is CC(=O)c1cccc(Nc2cc(C(=O)N3CCc4ccccc4C3)ncn2)c1. The zero-order valence-electron chi connectivity index (χ0n) is 15.6. The highest BCUT2D eigenvalue weighted by atomic mass is 16.2. The van der Waals surface area contributed by atoms with E-state index < -0.39 is 0 Å². The molecule has 28 heavy (non-hydrogen) atoms. The first kappa shape index (κ1) is 17.9. The molecule has 0 spiro atoms. The lowest BCUT2D eigenvalue weighted by molar-refractivity contribution is 0.0728. The largest absolute Gasteiger partial charge is 0.340 e. The predicted octanol–water partition coefficient (Wildman–Crippen LogP) is 3.62. The molecule has 3 aromatic rings. The van der Waals surface area contributed by atoms with Crippen LogP contribution in [0.1, 0.15) is 38.9 Å². The van der Waals surface area contributed by atoms with Gasteiger partial charge in [0, 0.05) is 30.4 Å². The fourth-order valence-corrected chi connectivity index (χ4v) is 3.34. The molecule has 0 unspecified atom stereocenters. The standard InChI is InChI=1S/C22H20N4O2/c1-15(27)17-7-4-8-19(11-17)25-21-12-20(23-14-24-21)22(28)26-10-9-16-5-2-3-6-18(16)13-26/h2-8,11-12,14H,9-10,13H2,1H3,(H,23,24,25). The van der Waals surface area contributed by atoms with Crippen molar-refractivity contribution in [1.82, 2.24) is 14.9 Å². The first-order valence-corrected chi connectivity index (χ1v) is 9.16. The van der Waals surface area contributed by atoms with Gasteiger partial charge in [-0.2, -0.15) is 0 Å². The molecule has 2 heterocycles. The van der Waals surface area contributed by atoms with E-state index in [2.05, 4.69) is 27.4 Å². The number of carbonyl (C=O) groups excluding carboxylic acids is 2. The lowest BCUT2D eigenvalue weighted by Crippen LogP contribution is -2.36. The molecule has 1 N–H and O–H groups in total. The van der Waals surface area contributed by atoms with E-state index in [1.165, 1.54) is 24.4 Å². The molecule has 6 nitrogen and oxygen atoms in total. The topological polar surface area (TPSA) is 75.2 Å². The minimum absolute atomic E-state index is 0.00687. The number of aromatic nitrogens is 2. The minimum atomic E-state index is -0.113. The molecule has 0 saturated carbocycles. The number of nitrogens with one attached hydrogen (secondary N) is 1. The third-order valence-electron chi connectivity index (χ3n) is 4.85. The van der Waals surface area contributed by atoms with Gasteiger partial charge in [-0.3, -0.25) is 9.59 Å². The molecule has 2 aromatic carbocycles. The van der Waals surface area contributed by atoms with E-state index in [1.54, 1.807) is 24.3 Å². The molecule has 0 radical (unpaired) electrons. The van der Waals surface area contributed by atoms with Crippen LogP contribution in [0.15, 0.2) is 60.9 Å². The Kier molecular flexibility index (Phi) is 4.85. The Balaban J connectivity index is 1.52. The second kappa shape index (κ2) is 7.60. The van der Waals surface area contributed by atoms with Crippen LogP contribution in [0.2, 0.25) is 0 Å². The second-order valence-electron chi connectivity index (χ2n) is 6.80. The third-order valence-corrected chi connectivity index (χ3v) is 4.85. The van der Waals surface area contributed by atoms with Gasteiger partial charge in [-0.1, -0.05) is 36.4 Å². The van der Waals surface area contributed by atoms with Gasteiger partial charge in [0.05, 0.1) is 0 Å². The number of ketones is 1. The number of benzene rings is 2. The molecule has 0 aliphatic carbocycles. The van der Waals surface area contributed by atoms with Gasteiger partial charge < -0.3 is 10.2 Å². The van der Waals surface area contributed by atoms with Crippen LogP contribution in [-0.2, 0) is 13.0 Å². The van der Waals surface area contributed by atoms with Crippen molar-refractivity contribution >= 4 is 23.2 Å². The summed E-state index contributed by atoms with van der Waals surface area (Å²) >= 11 is 0. The molecule has 1 aliphatic rings. The van der Waals surface area contributed by atoms with Crippen LogP contribution >= 0.6 is 0 Å². The van der Waals surface area contributed by atoms with Crippen LogP contribution in [-0.4, -0.2) is 33.1 Å². The fraction of sp³-hybridized carbons (Fsp3) is 0.182. The third kappa shape index (κ3) is 3.76. The van der Waals surface area contributed by atoms with Crippen LogP contribution in [0.3, 0.4) is 0 Å². The summed E-state index contributed by atoms with van der Waals surface area (Å²) in [7, 11) is 0. The Morgan fingerprint density at radius 1 is 1.00 bits per heavy atom. The van der Waals surface area contributed by atoms with Gasteiger partial charge >= 0.3 is 0 Å². The molecule has 1 amide bonds. The molecule has 140 valence electrons. The highest BCUT2D eigenvalue weighted by Crippen LogP contribution is 2.21. The maximum atomic E-state index is 12.9. The van der Waals surface area contributed by atoms with Crippen LogP contribution in [0.25, 0.3) is 0 Å². The maximum absolute atomic E-state index is 12.9. The number of hydrogen-bond donors (Lipinski definition) is 1. The Bertz CT molecular complexity index is 1050. The van der Waals surface area contributed by atoms with Crippen molar-refractivity contribution in [3.8, 4) is 0 Å². The highest BCUT2D eigenvalue weighted by Gasteiger charge is 2.22. The van der Waals surface area contributed by atoms with Gasteiger partial charge in [-0.25, -0.2) is 9.97 Å². The van der Waals surface area contributed by atoms with E-state index in [9.17, 15) is 9.59 Å². The summed E-state index contributed by atoms with van der Waals surface area (Å²) in [5, 5.41) is 3.14. The molecule has 1 aliphatic heterocycles. The fourth-order valence-electron chi connectivity index (χ4n) is 3.34. The quantitative estimate of drug-likeness (QED) is 0.708. The van der Waals surface area contributed by atoms with Gasteiger partial charge in [0.1, 0.15) is 17.8 Å². The molecule has 0 atom stereocenters. The van der Waals surface area contributed by atoms with E-state index in [4.69, 9.17) is 0 Å². The Morgan fingerprint density at radius 3 is 2.64 bits per heavy atom. The summed E-state index contributed by atoms with van der Waals surface area (Å²) in [6, 6.07) is 17.0. The van der Waals surface area contributed by atoms with Crippen LogP contribution in [0, 0.1) is 0 Å². The summed E-state index contributed by atoms with van der Waals surface area (Å²) in [6.07, 6.45) is 2.22. The summed E-state index contributed by atoms with van der Waals surface area (Å²) in [5.74, 6) is 0.390. The monoisotopic (exact) mass is 372 g/mol. The van der Waals surface area contributed by atoms with E-state index in [1.807, 2.05) is 23.1 Å². The second-order valence-corrected chi connectivity index (χ2v) is 6.80. The molecule has 6 heteroatoms. The van der Waals surface area contributed by atoms with Gasteiger partial charge in [-0.15, -0.1) is 0 Å². The number of carbonyl (C=O) groups is 2. The normalized spacial score (nSPS) is 13.0. The number of nitrogens with zero attached hydrogens (tertiary/aromatic N) is 3. The number of hydrogen-bond acceptors (Lipinski definition) is 5. The lowest BCUT2D eigenvalue weighted by atomic mass is 10.00.